The molecule has 0 aromatic rings. The summed E-state index contributed by atoms with van der Waals surface area (Å²) in [6.45, 7) is 9.38. The van der Waals surface area contributed by atoms with E-state index in [1.54, 1.807) is 0 Å². The van der Waals surface area contributed by atoms with Crippen LogP contribution in [0.1, 0.15) is 149 Å². The van der Waals surface area contributed by atoms with E-state index in [2.05, 4.69) is 26.1 Å². The zero-order valence-corrected chi connectivity index (χ0v) is 24.7. The Bertz CT molecular complexity index is 227. The summed E-state index contributed by atoms with van der Waals surface area (Å²) >= 11 is 0. The molecule has 0 rings (SSSR count). The smallest absolute Gasteiger partial charge is 0.0431 e. The molecule has 1 N–H and O–H groups in total. The molecule has 0 aliphatic rings. The number of unbranched alkanes of at least 4 members (excludes halogenated alkanes) is 17. The Morgan fingerprint density at radius 3 is 0.968 bits per heavy atom. The third kappa shape index (κ3) is 49.4. The molecular weight excluding hydrogens is 461 g/mol. The predicted octanol–water partition coefficient (Wildman–Crippen LogP) is 10.0. The molecule has 0 atom stereocenters. The molecule has 2 nitrogen and oxygen atoms in total. The average molecular weight is 520 g/mol. The van der Waals surface area contributed by atoms with Gasteiger partial charge in [0.2, 0.25) is 0 Å². The molecule has 0 aliphatic heterocycles. The van der Waals surface area contributed by atoms with Gasteiger partial charge in [-0.1, -0.05) is 143 Å². The topological polar surface area (TPSA) is 34.3 Å². The van der Waals surface area contributed by atoms with Crippen molar-refractivity contribution in [2.45, 2.75) is 149 Å². The summed E-state index contributed by atoms with van der Waals surface area (Å²) in [6, 6.07) is 0. The van der Waals surface area contributed by atoms with Gasteiger partial charge in [-0.15, -0.1) is 37.9 Å². The third-order valence-electron chi connectivity index (χ3n) is 5.35. The fourth-order valence-corrected chi connectivity index (χ4v) is 3.37. The first-order valence-electron chi connectivity index (χ1n) is 13.1. The van der Waals surface area contributed by atoms with E-state index in [0.29, 0.717) is 6.61 Å². The van der Waals surface area contributed by atoms with Crippen LogP contribution in [0, 0.1) is 0 Å². The fraction of sp³-hybridized carbons (Fsp3) is 1.00. The van der Waals surface area contributed by atoms with Gasteiger partial charge < -0.3 is 10.4 Å². The standard InChI is InChI=1S/C16H34N.C10H22O.2ClH.Ti/c1-3-5-7-9-11-13-15-17-16-14-12-10-8-6-4-2;1-2-3-4-5-6-7-8-9-10-11;;;/h3-16H2,1-2H3;11H,2-10H2,1H3;2*1H;/q-1;;;;. The molecule has 0 saturated heterocycles. The molecule has 0 bridgehead atoms. The number of rotatable bonds is 22. The minimum Gasteiger partial charge on any atom is -0.662 e. The third-order valence-corrected chi connectivity index (χ3v) is 5.35. The molecule has 0 amide bonds. The van der Waals surface area contributed by atoms with Gasteiger partial charge in [-0.25, -0.2) is 0 Å². The minimum atomic E-state index is 0. The summed E-state index contributed by atoms with van der Waals surface area (Å²) in [5.74, 6) is 0. The molecule has 5 heteroatoms. The molecule has 0 aliphatic carbocycles. The van der Waals surface area contributed by atoms with Crippen molar-refractivity contribution in [3.8, 4) is 0 Å². The zero-order chi connectivity index (χ0) is 21.0. The Morgan fingerprint density at radius 2 is 0.677 bits per heavy atom. The number of hydrogen-bond donors (Lipinski definition) is 1. The maximum Gasteiger partial charge on any atom is 0.0431 e. The normalized spacial score (nSPS) is 9.68. The Kier molecular flexibility index (Phi) is 61.3. The first-order chi connectivity index (χ1) is 13.8. The molecule has 0 saturated carbocycles. The summed E-state index contributed by atoms with van der Waals surface area (Å²) in [4.78, 5) is 0. The van der Waals surface area contributed by atoms with E-state index in [1.807, 2.05) is 0 Å². The Labute approximate surface area is 225 Å². The SMILES string of the molecule is CCCCCCCCCCO.CCCCCCCC[N-]CCCCCCCC.Cl.Cl.[Ti]. The maximum absolute atomic E-state index is 8.51. The molecule has 0 fully saturated rings. The van der Waals surface area contributed by atoms with E-state index in [-0.39, 0.29) is 46.5 Å². The fourth-order valence-electron chi connectivity index (χ4n) is 3.37. The molecule has 192 valence electrons. The van der Waals surface area contributed by atoms with Gasteiger partial charge in [0.05, 0.1) is 0 Å². The van der Waals surface area contributed by atoms with Crippen LogP contribution in [-0.2, 0) is 21.7 Å². The van der Waals surface area contributed by atoms with E-state index in [4.69, 9.17) is 5.11 Å². The summed E-state index contributed by atoms with van der Waals surface area (Å²) in [5.41, 5.74) is 0. The summed E-state index contributed by atoms with van der Waals surface area (Å²) in [7, 11) is 0. The van der Waals surface area contributed by atoms with Crippen LogP contribution in [0.25, 0.3) is 5.32 Å². The van der Waals surface area contributed by atoms with Gasteiger partial charge in [-0.05, 0) is 6.42 Å². The molecule has 0 unspecified atom stereocenters. The van der Waals surface area contributed by atoms with Gasteiger partial charge in [-0.2, -0.15) is 0 Å². The van der Waals surface area contributed by atoms with Crippen LogP contribution in [0.15, 0.2) is 0 Å². The van der Waals surface area contributed by atoms with Gasteiger partial charge in [0.15, 0.2) is 0 Å². The van der Waals surface area contributed by atoms with Crippen LogP contribution >= 0.6 is 24.8 Å². The Hall–Kier alpha value is 1.21. The largest absolute Gasteiger partial charge is 0.662 e. The molecular formula is C26H58Cl2NOTi-. The quantitative estimate of drug-likeness (QED) is 0.112. The van der Waals surface area contributed by atoms with Crippen molar-refractivity contribution < 1.29 is 26.8 Å². The molecule has 0 spiro atoms. The second-order valence-corrected chi connectivity index (χ2v) is 8.40. The van der Waals surface area contributed by atoms with Crippen LogP contribution in [-0.4, -0.2) is 24.8 Å². The number of halogens is 2. The Morgan fingerprint density at radius 1 is 0.419 bits per heavy atom. The molecule has 0 aromatic heterocycles. The van der Waals surface area contributed by atoms with E-state index >= 15 is 0 Å². The average Bonchev–Trinajstić information content (AvgIpc) is 2.71. The van der Waals surface area contributed by atoms with E-state index in [9.17, 15) is 0 Å². The predicted molar refractivity (Wildman–Crippen MR) is 144 cm³/mol. The number of nitrogens with zero attached hydrogens (tertiary/aromatic N) is 1. The van der Waals surface area contributed by atoms with Crippen molar-refractivity contribution in [2.24, 2.45) is 0 Å². The van der Waals surface area contributed by atoms with Crippen molar-refractivity contribution in [1.29, 1.82) is 0 Å². The van der Waals surface area contributed by atoms with Crippen LogP contribution in [0.5, 0.6) is 0 Å². The maximum atomic E-state index is 8.51. The summed E-state index contributed by atoms with van der Waals surface area (Å²) in [5, 5.41) is 13.1. The van der Waals surface area contributed by atoms with E-state index in [1.165, 1.54) is 122 Å². The molecule has 0 aromatic carbocycles. The second-order valence-electron chi connectivity index (χ2n) is 8.40. The van der Waals surface area contributed by atoms with Gasteiger partial charge >= 0.3 is 0 Å². The van der Waals surface area contributed by atoms with Crippen molar-refractivity contribution in [2.75, 3.05) is 19.7 Å². The monoisotopic (exact) mass is 518 g/mol. The number of aliphatic hydroxyl groups excluding tert-OH is 1. The first kappa shape index (κ1) is 42.4. The molecule has 0 radical (unpaired) electrons. The van der Waals surface area contributed by atoms with Crippen LogP contribution in [0.3, 0.4) is 0 Å². The van der Waals surface area contributed by atoms with Gasteiger partial charge in [0, 0.05) is 28.3 Å². The van der Waals surface area contributed by atoms with Crippen molar-refractivity contribution in [1.82, 2.24) is 0 Å². The minimum absolute atomic E-state index is 0. The Balaban J connectivity index is -0.000000142. The van der Waals surface area contributed by atoms with E-state index in [0.717, 1.165) is 19.5 Å². The number of aliphatic hydroxyl groups is 1. The molecule has 31 heavy (non-hydrogen) atoms. The van der Waals surface area contributed by atoms with Crippen molar-refractivity contribution in [3.63, 3.8) is 0 Å². The van der Waals surface area contributed by atoms with Crippen LogP contribution in [0.4, 0.5) is 0 Å². The van der Waals surface area contributed by atoms with Gasteiger partial charge in [0.25, 0.3) is 0 Å². The van der Waals surface area contributed by atoms with E-state index < -0.39 is 0 Å². The zero-order valence-electron chi connectivity index (χ0n) is 21.5. The summed E-state index contributed by atoms with van der Waals surface area (Å²) < 4.78 is 0. The van der Waals surface area contributed by atoms with Crippen LogP contribution < -0.4 is 0 Å². The van der Waals surface area contributed by atoms with Gasteiger partial charge in [0.1, 0.15) is 0 Å². The summed E-state index contributed by atoms with van der Waals surface area (Å²) in [6.07, 6.45) is 27.0. The second kappa shape index (κ2) is 44.8. The first-order valence-corrected chi connectivity index (χ1v) is 13.1. The molecule has 0 heterocycles. The number of hydrogen-bond acceptors (Lipinski definition) is 1. The van der Waals surface area contributed by atoms with Crippen molar-refractivity contribution >= 4 is 24.8 Å². The van der Waals surface area contributed by atoms with Gasteiger partial charge in [-0.3, -0.25) is 0 Å². The van der Waals surface area contributed by atoms with Crippen molar-refractivity contribution in [3.05, 3.63) is 5.32 Å². The van der Waals surface area contributed by atoms with Crippen LogP contribution in [0.2, 0.25) is 0 Å².